The number of aromatic nitrogens is 2. The molecule has 1 amide bonds. The van der Waals surface area contributed by atoms with Crippen LogP contribution < -0.4 is 14.8 Å². The highest BCUT2D eigenvalue weighted by molar-refractivity contribution is 5.94. The van der Waals surface area contributed by atoms with Crippen LogP contribution in [-0.4, -0.2) is 29.2 Å². The molecule has 3 aromatic carbocycles. The zero-order valence-corrected chi connectivity index (χ0v) is 17.7. The number of nitrogens with zero attached hydrogens (tertiary/aromatic N) is 2. The van der Waals surface area contributed by atoms with Gasteiger partial charge < -0.3 is 19.4 Å². The summed E-state index contributed by atoms with van der Waals surface area (Å²) < 4.78 is 13.2. The van der Waals surface area contributed by atoms with Crippen LogP contribution in [0.15, 0.2) is 72.8 Å². The summed E-state index contributed by atoms with van der Waals surface area (Å²) in [5, 5.41) is 2.97. The van der Waals surface area contributed by atoms with Crippen molar-refractivity contribution >= 4 is 16.9 Å². The van der Waals surface area contributed by atoms with Crippen molar-refractivity contribution in [3.63, 3.8) is 0 Å². The van der Waals surface area contributed by atoms with Gasteiger partial charge in [-0.25, -0.2) is 4.98 Å². The topological polar surface area (TPSA) is 65.4 Å². The maximum absolute atomic E-state index is 12.6. The minimum atomic E-state index is -0.155. The van der Waals surface area contributed by atoms with Crippen LogP contribution in [0, 0.1) is 6.92 Å². The number of carbonyl (C=O) groups excluding carboxylic acids is 1. The highest BCUT2D eigenvalue weighted by atomic mass is 16.5. The summed E-state index contributed by atoms with van der Waals surface area (Å²) in [6.45, 7) is 3.49. The summed E-state index contributed by atoms with van der Waals surface area (Å²) in [5.74, 6) is 2.22. The molecule has 158 valence electrons. The number of hydrogen-bond donors (Lipinski definition) is 1. The van der Waals surface area contributed by atoms with Gasteiger partial charge in [-0.05, 0) is 55.0 Å². The van der Waals surface area contributed by atoms with E-state index >= 15 is 0 Å². The Morgan fingerprint density at radius 1 is 1.00 bits per heavy atom. The number of ether oxygens (including phenoxy) is 2. The lowest BCUT2D eigenvalue weighted by Gasteiger charge is -2.13. The minimum Gasteiger partial charge on any atom is -0.497 e. The van der Waals surface area contributed by atoms with E-state index in [9.17, 15) is 4.79 Å². The smallest absolute Gasteiger partial charge is 0.251 e. The third-order valence-electron chi connectivity index (χ3n) is 5.16. The Bertz CT molecular complexity index is 1180. The Balaban J connectivity index is 1.47. The number of benzene rings is 3. The Kier molecular flexibility index (Phi) is 6.17. The van der Waals surface area contributed by atoms with Gasteiger partial charge in [0.05, 0.1) is 31.2 Å². The highest BCUT2D eigenvalue weighted by Crippen LogP contribution is 2.19. The summed E-state index contributed by atoms with van der Waals surface area (Å²) in [6, 6.07) is 22.9. The number of hydrogen-bond acceptors (Lipinski definition) is 4. The summed E-state index contributed by atoms with van der Waals surface area (Å²) in [7, 11) is 1.60. The monoisotopic (exact) mass is 415 g/mol. The number of carbonyl (C=O) groups is 1. The molecular formula is C25H25N3O3. The fourth-order valence-corrected chi connectivity index (χ4v) is 3.48. The van der Waals surface area contributed by atoms with Gasteiger partial charge in [0, 0.05) is 5.56 Å². The molecule has 1 heterocycles. The molecule has 0 saturated carbocycles. The lowest BCUT2D eigenvalue weighted by Crippen LogP contribution is -2.25. The molecule has 0 radical (unpaired) electrons. The second kappa shape index (κ2) is 9.34. The number of imidazole rings is 1. The Hall–Kier alpha value is -3.80. The summed E-state index contributed by atoms with van der Waals surface area (Å²) in [5.41, 5.74) is 3.59. The molecule has 4 rings (SSSR count). The second-order valence-corrected chi connectivity index (χ2v) is 7.19. The molecule has 0 bridgehead atoms. The van der Waals surface area contributed by atoms with Crippen molar-refractivity contribution in [3.05, 3.63) is 89.7 Å². The van der Waals surface area contributed by atoms with E-state index in [4.69, 9.17) is 14.5 Å². The van der Waals surface area contributed by atoms with Crippen LogP contribution in [0.3, 0.4) is 0 Å². The van der Waals surface area contributed by atoms with Gasteiger partial charge in [0.2, 0.25) is 0 Å². The molecule has 0 atom stereocenters. The van der Waals surface area contributed by atoms with Crippen molar-refractivity contribution in [1.29, 1.82) is 0 Å². The van der Waals surface area contributed by atoms with Crippen molar-refractivity contribution in [2.45, 2.75) is 20.0 Å². The standard InChI is InChI=1S/C25H25N3O3/c1-18-7-3-6-10-23(18)31-16-15-28-22-9-5-4-8-21(22)27-24(28)17-26-25(29)19-11-13-20(30-2)14-12-19/h3-14H,15-17H2,1-2H3,(H,26,29). The number of aryl methyl sites for hydroxylation is 1. The summed E-state index contributed by atoms with van der Waals surface area (Å²) in [6.07, 6.45) is 0. The zero-order chi connectivity index (χ0) is 21.6. The van der Waals surface area contributed by atoms with Gasteiger partial charge in [-0.1, -0.05) is 30.3 Å². The van der Waals surface area contributed by atoms with E-state index in [0.717, 1.165) is 28.2 Å². The molecule has 4 aromatic rings. The van der Waals surface area contributed by atoms with Crippen LogP contribution in [0.5, 0.6) is 11.5 Å². The molecule has 0 unspecified atom stereocenters. The van der Waals surface area contributed by atoms with Crippen LogP contribution in [0.2, 0.25) is 0 Å². The van der Waals surface area contributed by atoms with Gasteiger partial charge in [-0.3, -0.25) is 4.79 Å². The van der Waals surface area contributed by atoms with Gasteiger partial charge in [0.15, 0.2) is 0 Å². The maximum Gasteiger partial charge on any atom is 0.251 e. The van der Waals surface area contributed by atoms with Gasteiger partial charge in [0.1, 0.15) is 23.9 Å². The van der Waals surface area contributed by atoms with E-state index in [0.29, 0.717) is 31.0 Å². The average Bonchev–Trinajstić information content (AvgIpc) is 3.16. The third-order valence-corrected chi connectivity index (χ3v) is 5.16. The normalized spacial score (nSPS) is 10.8. The molecule has 1 N–H and O–H groups in total. The van der Waals surface area contributed by atoms with Crippen molar-refractivity contribution in [2.75, 3.05) is 13.7 Å². The number of amides is 1. The number of para-hydroxylation sites is 3. The number of fused-ring (bicyclic) bond motifs is 1. The largest absolute Gasteiger partial charge is 0.497 e. The lowest BCUT2D eigenvalue weighted by molar-refractivity contribution is 0.0949. The first kappa shape index (κ1) is 20.5. The molecule has 0 saturated heterocycles. The molecule has 0 aliphatic rings. The first-order valence-corrected chi connectivity index (χ1v) is 10.2. The molecule has 0 spiro atoms. The average molecular weight is 415 g/mol. The van der Waals surface area contributed by atoms with E-state index in [1.165, 1.54) is 0 Å². The van der Waals surface area contributed by atoms with Gasteiger partial charge >= 0.3 is 0 Å². The first-order valence-electron chi connectivity index (χ1n) is 10.2. The highest BCUT2D eigenvalue weighted by Gasteiger charge is 2.13. The molecule has 6 nitrogen and oxygen atoms in total. The van der Waals surface area contributed by atoms with E-state index in [2.05, 4.69) is 9.88 Å². The zero-order valence-electron chi connectivity index (χ0n) is 17.7. The molecule has 1 aromatic heterocycles. The van der Waals surface area contributed by atoms with Crippen molar-refractivity contribution in [2.24, 2.45) is 0 Å². The van der Waals surface area contributed by atoms with Crippen LogP contribution in [0.1, 0.15) is 21.7 Å². The van der Waals surface area contributed by atoms with E-state index in [1.807, 2.05) is 55.5 Å². The lowest BCUT2D eigenvalue weighted by atomic mass is 10.2. The van der Waals surface area contributed by atoms with Crippen LogP contribution in [0.4, 0.5) is 0 Å². The first-order chi connectivity index (χ1) is 15.2. The quantitative estimate of drug-likeness (QED) is 0.464. The predicted molar refractivity (Wildman–Crippen MR) is 121 cm³/mol. The van der Waals surface area contributed by atoms with Gasteiger partial charge in [-0.15, -0.1) is 0 Å². The van der Waals surface area contributed by atoms with Crippen LogP contribution >= 0.6 is 0 Å². The molecule has 31 heavy (non-hydrogen) atoms. The van der Waals surface area contributed by atoms with Crippen molar-refractivity contribution < 1.29 is 14.3 Å². The molecular weight excluding hydrogens is 390 g/mol. The Labute approximate surface area is 181 Å². The molecule has 0 aliphatic carbocycles. The molecule has 0 fully saturated rings. The van der Waals surface area contributed by atoms with Crippen molar-refractivity contribution in [3.8, 4) is 11.5 Å². The number of rotatable bonds is 8. The minimum absolute atomic E-state index is 0.155. The van der Waals surface area contributed by atoms with Crippen LogP contribution in [0.25, 0.3) is 11.0 Å². The molecule has 6 heteroatoms. The van der Waals surface area contributed by atoms with E-state index in [-0.39, 0.29) is 5.91 Å². The van der Waals surface area contributed by atoms with Crippen LogP contribution in [-0.2, 0) is 13.1 Å². The number of nitrogens with one attached hydrogen (secondary N) is 1. The summed E-state index contributed by atoms with van der Waals surface area (Å²) in [4.78, 5) is 17.3. The van der Waals surface area contributed by atoms with Gasteiger partial charge in [0.25, 0.3) is 5.91 Å². The number of methoxy groups -OCH3 is 1. The Morgan fingerprint density at radius 2 is 1.74 bits per heavy atom. The third kappa shape index (κ3) is 4.69. The fraction of sp³-hybridized carbons (Fsp3) is 0.200. The van der Waals surface area contributed by atoms with Gasteiger partial charge in [-0.2, -0.15) is 0 Å². The predicted octanol–water partition coefficient (Wildman–Crippen LogP) is 4.36. The maximum atomic E-state index is 12.6. The second-order valence-electron chi connectivity index (χ2n) is 7.19. The van der Waals surface area contributed by atoms with Crippen molar-refractivity contribution in [1.82, 2.24) is 14.9 Å². The molecule has 0 aliphatic heterocycles. The summed E-state index contributed by atoms with van der Waals surface area (Å²) >= 11 is 0. The Morgan fingerprint density at radius 3 is 2.52 bits per heavy atom. The van der Waals surface area contributed by atoms with E-state index in [1.54, 1.807) is 31.4 Å². The fourth-order valence-electron chi connectivity index (χ4n) is 3.48. The SMILES string of the molecule is COc1ccc(C(=O)NCc2nc3ccccc3n2CCOc2ccccc2C)cc1. The van der Waals surface area contributed by atoms with E-state index < -0.39 is 0 Å².